The first-order chi connectivity index (χ1) is 8.05. The largest absolute Gasteiger partial charge is 0.415 e. The molecule has 18 heavy (non-hydrogen) atoms. The monoisotopic (exact) mass is 284 g/mol. The van der Waals surface area contributed by atoms with Gasteiger partial charge in [0.15, 0.2) is 5.54 Å². The van der Waals surface area contributed by atoms with Crippen molar-refractivity contribution in [1.82, 2.24) is 0 Å². The molecule has 1 unspecified atom stereocenters. The van der Waals surface area contributed by atoms with Crippen molar-refractivity contribution in [3.05, 3.63) is 29.0 Å². The van der Waals surface area contributed by atoms with E-state index in [1.54, 1.807) is 5.32 Å². The molecular formula is C10H9ClF4N2O. The van der Waals surface area contributed by atoms with E-state index in [0.29, 0.717) is 6.92 Å². The Bertz CT molecular complexity index is 473. The molecular weight excluding hydrogens is 276 g/mol. The van der Waals surface area contributed by atoms with E-state index >= 15 is 0 Å². The maximum absolute atomic E-state index is 13.2. The summed E-state index contributed by atoms with van der Waals surface area (Å²) in [5.74, 6) is -2.48. The number of benzene rings is 1. The zero-order valence-corrected chi connectivity index (χ0v) is 9.86. The zero-order chi connectivity index (χ0) is 14.1. The van der Waals surface area contributed by atoms with Crippen LogP contribution in [0.15, 0.2) is 18.2 Å². The van der Waals surface area contributed by atoms with Crippen molar-refractivity contribution in [3.63, 3.8) is 0 Å². The second kappa shape index (κ2) is 4.74. The minimum Gasteiger partial charge on any atom is -0.322 e. The normalized spacial score (nSPS) is 15.1. The van der Waals surface area contributed by atoms with Gasteiger partial charge in [0.2, 0.25) is 0 Å². The summed E-state index contributed by atoms with van der Waals surface area (Å²) >= 11 is 5.53. The number of alkyl halides is 3. The number of carbonyl (C=O) groups excluding carboxylic acids is 1. The van der Waals surface area contributed by atoms with Crippen molar-refractivity contribution in [2.24, 2.45) is 5.73 Å². The quantitative estimate of drug-likeness (QED) is 0.821. The smallest absolute Gasteiger partial charge is 0.322 e. The highest BCUT2D eigenvalue weighted by molar-refractivity contribution is 6.30. The summed E-state index contributed by atoms with van der Waals surface area (Å²) in [5.41, 5.74) is 1.29. The fraction of sp³-hybridized carbons (Fsp3) is 0.300. The van der Waals surface area contributed by atoms with E-state index in [2.05, 4.69) is 0 Å². The Balaban J connectivity index is 2.98. The minimum absolute atomic E-state index is 0.0671. The van der Waals surface area contributed by atoms with E-state index in [9.17, 15) is 22.4 Å². The first-order valence-electron chi connectivity index (χ1n) is 4.68. The molecule has 0 aliphatic heterocycles. The molecule has 0 aliphatic carbocycles. The first kappa shape index (κ1) is 14.7. The number of amides is 1. The van der Waals surface area contributed by atoms with Crippen molar-refractivity contribution < 1.29 is 22.4 Å². The third-order valence-corrected chi connectivity index (χ3v) is 2.47. The van der Waals surface area contributed by atoms with Crippen LogP contribution in [0.5, 0.6) is 0 Å². The summed E-state index contributed by atoms with van der Waals surface area (Å²) in [4.78, 5) is 11.4. The Morgan fingerprint density at radius 2 is 1.94 bits per heavy atom. The number of nitrogens with one attached hydrogen (secondary N) is 1. The van der Waals surface area contributed by atoms with E-state index in [1.165, 1.54) is 6.07 Å². The molecule has 0 aliphatic rings. The molecule has 0 saturated heterocycles. The zero-order valence-electron chi connectivity index (χ0n) is 9.11. The van der Waals surface area contributed by atoms with Crippen LogP contribution in [0, 0.1) is 5.82 Å². The topological polar surface area (TPSA) is 55.1 Å². The lowest BCUT2D eigenvalue weighted by Gasteiger charge is -2.26. The minimum atomic E-state index is -4.95. The molecule has 8 heteroatoms. The van der Waals surface area contributed by atoms with Gasteiger partial charge in [-0.15, -0.1) is 0 Å². The fourth-order valence-electron chi connectivity index (χ4n) is 0.974. The summed E-state index contributed by atoms with van der Waals surface area (Å²) in [5, 5.41) is 1.82. The molecule has 3 nitrogen and oxygen atoms in total. The molecule has 3 N–H and O–H groups in total. The SMILES string of the molecule is CC(N)(C(=O)Nc1cc(Cl)ccc1F)C(F)(F)F. The molecule has 1 atom stereocenters. The highest BCUT2D eigenvalue weighted by Crippen LogP contribution is 2.29. The highest BCUT2D eigenvalue weighted by Gasteiger charge is 2.54. The molecule has 100 valence electrons. The summed E-state index contributed by atoms with van der Waals surface area (Å²) < 4.78 is 50.6. The first-order valence-corrected chi connectivity index (χ1v) is 5.05. The van der Waals surface area contributed by atoms with E-state index in [-0.39, 0.29) is 5.02 Å². The molecule has 0 aromatic heterocycles. The summed E-state index contributed by atoms with van der Waals surface area (Å²) in [6.07, 6.45) is -4.95. The third-order valence-electron chi connectivity index (χ3n) is 2.24. The Morgan fingerprint density at radius 3 is 2.44 bits per heavy atom. The lowest BCUT2D eigenvalue weighted by molar-refractivity contribution is -0.184. The molecule has 0 bridgehead atoms. The maximum atomic E-state index is 13.2. The molecule has 0 fully saturated rings. The van der Waals surface area contributed by atoms with Crippen LogP contribution in [-0.4, -0.2) is 17.6 Å². The van der Waals surface area contributed by atoms with Crippen LogP contribution in [-0.2, 0) is 4.79 Å². The molecule has 1 amide bonds. The average Bonchev–Trinajstić information content (AvgIpc) is 2.21. The number of anilines is 1. The molecule has 0 saturated carbocycles. The Kier molecular flexibility index (Phi) is 3.87. The fourth-order valence-corrected chi connectivity index (χ4v) is 1.15. The van der Waals surface area contributed by atoms with Crippen LogP contribution in [0.25, 0.3) is 0 Å². The Labute approximate surface area is 105 Å². The van der Waals surface area contributed by atoms with Crippen molar-refractivity contribution in [1.29, 1.82) is 0 Å². The van der Waals surface area contributed by atoms with E-state index in [0.717, 1.165) is 12.1 Å². The van der Waals surface area contributed by atoms with Crippen LogP contribution in [0.1, 0.15) is 6.92 Å². The van der Waals surface area contributed by atoms with E-state index < -0.39 is 29.1 Å². The Morgan fingerprint density at radius 1 is 1.39 bits per heavy atom. The van der Waals surface area contributed by atoms with Crippen LogP contribution >= 0.6 is 11.6 Å². The second-order valence-corrected chi connectivity index (χ2v) is 4.21. The molecule has 1 rings (SSSR count). The summed E-state index contributed by atoms with van der Waals surface area (Å²) in [7, 11) is 0. The average molecular weight is 285 g/mol. The number of hydrogen-bond donors (Lipinski definition) is 2. The van der Waals surface area contributed by atoms with Gasteiger partial charge in [-0.05, 0) is 25.1 Å². The second-order valence-electron chi connectivity index (χ2n) is 3.78. The van der Waals surface area contributed by atoms with Gasteiger partial charge in [-0.25, -0.2) is 4.39 Å². The third kappa shape index (κ3) is 2.91. The molecule has 0 heterocycles. The van der Waals surface area contributed by atoms with E-state index in [4.69, 9.17) is 17.3 Å². The predicted octanol–water partition coefficient (Wildman–Crippen LogP) is 2.70. The maximum Gasteiger partial charge on any atom is 0.415 e. The van der Waals surface area contributed by atoms with Crippen LogP contribution in [0.2, 0.25) is 5.02 Å². The number of rotatable bonds is 2. The van der Waals surface area contributed by atoms with Crippen molar-refractivity contribution in [2.75, 3.05) is 5.32 Å². The van der Waals surface area contributed by atoms with Crippen LogP contribution in [0.3, 0.4) is 0 Å². The van der Waals surface area contributed by atoms with Gasteiger partial charge < -0.3 is 11.1 Å². The predicted molar refractivity (Wildman–Crippen MR) is 58.7 cm³/mol. The lowest BCUT2D eigenvalue weighted by atomic mass is 10.0. The van der Waals surface area contributed by atoms with Gasteiger partial charge in [0.05, 0.1) is 5.69 Å². The van der Waals surface area contributed by atoms with Gasteiger partial charge in [0.25, 0.3) is 5.91 Å². The van der Waals surface area contributed by atoms with Crippen LogP contribution in [0.4, 0.5) is 23.2 Å². The van der Waals surface area contributed by atoms with Gasteiger partial charge >= 0.3 is 6.18 Å². The summed E-state index contributed by atoms with van der Waals surface area (Å²) in [6, 6.07) is 3.10. The van der Waals surface area contributed by atoms with Crippen molar-refractivity contribution in [2.45, 2.75) is 18.6 Å². The van der Waals surface area contributed by atoms with Gasteiger partial charge in [-0.3, -0.25) is 4.79 Å². The molecule has 0 spiro atoms. The van der Waals surface area contributed by atoms with Crippen molar-refractivity contribution >= 4 is 23.2 Å². The number of hydrogen-bond acceptors (Lipinski definition) is 2. The molecule has 1 aromatic carbocycles. The number of halogens is 5. The van der Waals surface area contributed by atoms with Gasteiger partial charge in [-0.2, -0.15) is 13.2 Å². The lowest BCUT2D eigenvalue weighted by Crippen LogP contribution is -2.59. The molecule has 0 radical (unpaired) electrons. The van der Waals surface area contributed by atoms with Gasteiger partial charge in [-0.1, -0.05) is 11.6 Å². The van der Waals surface area contributed by atoms with Crippen molar-refractivity contribution in [3.8, 4) is 0 Å². The Hall–Kier alpha value is -1.34. The number of nitrogens with two attached hydrogens (primary N) is 1. The molecule has 1 aromatic rings. The highest BCUT2D eigenvalue weighted by atomic mass is 35.5. The van der Waals surface area contributed by atoms with Crippen LogP contribution < -0.4 is 11.1 Å². The standard InChI is InChI=1S/C10H9ClF4N2O/c1-9(16,10(13,14)15)8(18)17-7-4-5(11)2-3-6(7)12/h2-4H,16H2,1H3,(H,17,18). The summed E-state index contributed by atoms with van der Waals surface area (Å²) in [6.45, 7) is 0.491. The van der Waals surface area contributed by atoms with E-state index in [1.807, 2.05) is 0 Å². The van der Waals surface area contributed by atoms with Gasteiger partial charge in [0.1, 0.15) is 5.82 Å². The van der Waals surface area contributed by atoms with Gasteiger partial charge in [0, 0.05) is 5.02 Å². The number of carbonyl (C=O) groups is 1.